The molecule has 1 unspecified atom stereocenters. The number of nitrogens with zero attached hydrogens (tertiary/aromatic N) is 4. The van der Waals surface area contributed by atoms with Crippen molar-refractivity contribution in [1.29, 1.82) is 0 Å². The van der Waals surface area contributed by atoms with Crippen LogP contribution in [0.5, 0.6) is 0 Å². The maximum absolute atomic E-state index is 12.3. The number of carbonyl (C=O) groups excluding carboxylic acids is 1. The van der Waals surface area contributed by atoms with Gasteiger partial charge in [-0.1, -0.05) is 30.0 Å². The Labute approximate surface area is 169 Å². The van der Waals surface area contributed by atoms with Crippen LogP contribution in [0.3, 0.4) is 0 Å². The first-order chi connectivity index (χ1) is 13.8. The van der Waals surface area contributed by atoms with Crippen LogP contribution < -0.4 is 5.32 Å². The van der Waals surface area contributed by atoms with Gasteiger partial charge in [-0.15, -0.1) is 10.2 Å². The molecule has 2 aromatic rings. The van der Waals surface area contributed by atoms with Gasteiger partial charge in [-0.25, -0.2) is 0 Å². The highest BCUT2D eigenvalue weighted by Crippen LogP contribution is 2.23. The van der Waals surface area contributed by atoms with E-state index >= 15 is 0 Å². The molecule has 150 valence electrons. The van der Waals surface area contributed by atoms with E-state index in [1.807, 2.05) is 18.2 Å². The fourth-order valence-electron chi connectivity index (χ4n) is 3.69. The van der Waals surface area contributed by atoms with E-state index in [2.05, 4.69) is 37.1 Å². The van der Waals surface area contributed by atoms with Crippen molar-refractivity contribution in [2.24, 2.45) is 0 Å². The number of rotatable bonds is 8. The number of likely N-dealkylation sites (tertiary alicyclic amines) is 1. The maximum Gasteiger partial charge on any atom is 0.230 e. The van der Waals surface area contributed by atoms with Crippen LogP contribution in [0.2, 0.25) is 0 Å². The summed E-state index contributed by atoms with van der Waals surface area (Å²) in [6.45, 7) is 4.39. The molecule has 1 atom stereocenters. The summed E-state index contributed by atoms with van der Waals surface area (Å²) in [4.78, 5) is 14.7. The van der Waals surface area contributed by atoms with E-state index in [0.29, 0.717) is 12.3 Å². The van der Waals surface area contributed by atoms with Crippen LogP contribution in [0, 0.1) is 0 Å². The monoisotopic (exact) mass is 401 g/mol. The molecule has 1 aromatic carbocycles. The zero-order chi connectivity index (χ0) is 19.2. The van der Waals surface area contributed by atoms with Crippen molar-refractivity contribution in [1.82, 2.24) is 25.0 Å². The second-order valence-electron chi connectivity index (χ2n) is 7.28. The van der Waals surface area contributed by atoms with E-state index in [9.17, 15) is 4.79 Å². The minimum absolute atomic E-state index is 0.00389. The standard InChI is InChI=1S/C20H27N5O2S/c26-19(21-13-17-9-6-12-27-17)15-28-20-23-22-18(14-24-10-4-5-11-24)25(20)16-7-2-1-3-8-16/h1-3,7-8,17H,4-6,9-15H2,(H,21,26). The Balaban J connectivity index is 1.42. The average Bonchev–Trinajstić information content (AvgIpc) is 3.48. The first kappa shape index (κ1) is 19.4. The van der Waals surface area contributed by atoms with Crippen LogP contribution in [0.1, 0.15) is 31.5 Å². The predicted molar refractivity (Wildman–Crippen MR) is 109 cm³/mol. The molecule has 2 aliphatic heterocycles. The van der Waals surface area contributed by atoms with Gasteiger partial charge in [0.25, 0.3) is 0 Å². The Kier molecular flexibility index (Phi) is 6.61. The smallest absolute Gasteiger partial charge is 0.230 e. The van der Waals surface area contributed by atoms with Gasteiger partial charge < -0.3 is 10.1 Å². The van der Waals surface area contributed by atoms with Crippen LogP contribution in [0.4, 0.5) is 0 Å². The molecule has 0 aliphatic carbocycles. The first-order valence-electron chi connectivity index (χ1n) is 10.0. The van der Waals surface area contributed by atoms with Crippen molar-refractivity contribution < 1.29 is 9.53 Å². The van der Waals surface area contributed by atoms with Gasteiger partial charge in [0.1, 0.15) is 0 Å². The number of benzene rings is 1. The maximum atomic E-state index is 12.3. The summed E-state index contributed by atoms with van der Waals surface area (Å²) >= 11 is 1.43. The molecule has 1 amide bonds. The zero-order valence-electron chi connectivity index (χ0n) is 16.0. The lowest BCUT2D eigenvalue weighted by Crippen LogP contribution is -2.32. The van der Waals surface area contributed by atoms with E-state index < -0.39 is 0 Å². The molecule has 4 rings (SSSR count). The summed E-state index contributed by atoms with van der Waals surface area (Å²) in [5.41, 5.74) is 1.03. The Morgan fingerprint density at radius 1 is 1.18 bits per heavy atom. The third kappa shape index (κ3) is 4.92. The Bertz CT molecular complexity index is 770. The molecule has 0 bridgehead atoms. The first-order valence-corrected chi connectivity index (χ1v) is 11.0. The summed E-state index contributed by atoms with van der Waals surface area (Å²) in [5.74, 6) is 1.25. The van der Waals surface area contributed by atoms with Gasteiger partial charge in [0.2, 0.25) is 5.91 Å². The van der Waals surface area contributed by atoms with Crippen LogP contribution in [0.25, 0.3) is 5.69 Å². The summed E-state index contributed by atoms with van der Waals surface area (Å²) in [6, 6.07) is 10.1. The number of thioether (sulfide) groups is 1. The molecule has 0 saturated carbocycles. The molecule has 2 fully saturated rings. The third-order valence-corrected chi connectivity index (χ3v) is 6.09. The van der Waals surface area contributed by atoms with Gasteiger partial charge in [-0.3, -0.25) is 14.3 Å². The summed E-state index contributed by atoms with van der Waals surface area (Å²) in [6.07, 6.45) is 4.75. The number of hydrogen-bond donors (Lipinski definition) is 1. The fraction of sp³-hybridized carbons (Fsp3) is 0.550. The molecule has 1 N–H and O–H groups in total. The molecule has 7 nitrogen and oxygen atoms in total. The van der Waals surface area contributed by atoms with Crippen molar-refractivity contribution >= 4 is 17.7 Å². The molecule has 1 aromatic heterocycles. The van der Waals surface area contributed by atoms with Gasteiger partial charge in [0.05, 0.1) is 18.4 Å². The van der Waals surface area contributed by atoms with Crippen LogP contribution in [0.15, 0.2) is 35.5 Å². The van der Waals surface area contributed by atoms with E-state index in [4.69, 9.17) is 4.74 Å². The number of para-hydroxylation sites is 1. The van der Waals surface area contributed by atoms with Gasteiger partial charge in [0.15, 0.2) is 11.0 Å². The molecular formula is C20H27N5O2S. The Morgan fingerprint density at radius 3 is 2.75 bits per heavy atom. The third-order valence-electron chi connectivity index (χ3n) is 5.16. The van der Waals surface area contributed by atoms with Crippen molar-refractivity contribution in [2.45, 2.75) is 43.5 Å². The van der Waals surface area contributed by atoms with E-state index in [1.54, 1.807) is 0 Å². The van der Waals surface area contributed by atoms with Gasteiger partial charge in [-0.2, -0.15) is 0 Å². The quantitative estimate of drug-likeness (QED) is 0.684. The van der Waals surface area contributed by atoms with Gasteiger partial charge >= 0.3 is 0 Å². The summed E-state index contributed by atoms with van der Waals surface area (Å²) in [5, 5.41) is 12.6. The summed E-state index contributed by atoms with van der Waals surface area (Å²) < 4.78 is 7.64. The zero-order valence-corrected chi connectivity index (χ0v) is 16.9. The Morgan fingerprint density at radius 2 is 2.00 bits per heavy atom. The van der Waals surface area contributed by atoms with Crippen molar-refractivity contribution in [3.8, 4) is 5.69 Å². The number of nitrogens with one attached hydrogen (secondary N) is 1. The van der Waals surface area contributed by atoms with Gasteiger partial charge in [0, 0.05) is 18.8 Å². The molecular weight excluding hydrogens is 374 g/mol. The fourth-order valence-corrected chi connectivity index (χ4v) is 4.49. The molecule has 0 radical (unpaired) electrons. The highest BCUT2D eigenvalue weighted by Gasteiger charge is 2.20. The van der Waals surface area contributed by atoms with Crippen molar-refractivity contribution in [3.63, 3.8) is 0 Å². The summed E-state index contributed by atoms with van der Waals surface area (Å²) in [7, 11) is 0. The number of carbonyl (C=O) groups is 1. The normalized spacial score (nSPS) is 19.9. The Hall–Kier alpha value is -1.90. The number of hydrogen-bond acceptors (Lipinski definition) is 6. The van der Waals surface area contributed by atoms with Crippen LogP contribution in [-0.2, 0) is 16.1 Å². The van der Waals surface area contributed by atoms with Gasteiger partial charge in [-0.05, 0) is 50.9 Å². The number of aromatic nitrogens is 3. The van der Waals surface area contributed by atoms with E-state index in [0.717, 1.165) is 55.8 Å². The predicted octanol–water partition coefficient (Wildman–Crippen LogP) is 2.25. The second kappa shape index (κ2) is 9.54. The molecule has 8 heteroatoms. The number of amides is 1. The minimum atomic E-state index is 0.00389. The van der Waals surface area contributed by atoms with Crippen molar-refractivity contribution in [3.05, 3.63) is 36.2 Å². The van der Waals surface area contributed by atoms with Crippen LogP contribution in [-0.4, -0.2) is 63.7 Å². The lowest BCUT2D eigenvalue weighted by atomic mass is 10.2. The highest BCUT2D eigenvalue weighted by molar-refractivity contribution is 7.99. The lowest BCUT2D eigenvalue weighted by Gasteiger charge is -2.16. The SMILES string of the molecule is O=C(CSc1nnc(CN2CCCC2)n1-c1ccccc1)NCC1CCCO1. The molecule has 0 spiro atoms. The van der Waals surface area contributed by atoms with E-state index in [1.165, 1.54) is 24.6 Å². The van der Waals surface area contributed by atoms with E-state index in [-0.39, 0.29) is 12.0 Å². The molecule has 28 heavy (non-hydrogen) atoms. The molecule has 2 aliphatic rings. The van der Waals surface area contributed by atoms with Crippen LogP contribution >= 0.6 is 11.8 Å². The number of ether oxygens (including phenoxy) is 1. The average molecular weight is 402 g/mol. The molecule has 2 saturated heterocycles. The lowest BCUT2D eigenvalue weighted by molar-refractivity contribution is -0.119. The van der Waals surface area contributed by atoms with Crippen molar-refractivity contribution in [2.75, 3.05) is 32.0 Å². The largest absolute Gasteiger partial charge is 0.376 e. The minimum Gasteiger partial charge on any atom is -0.376 e. The highest BCUT2D eigenvalue weighted by atomic mass is 32.2. The topological polar surface area (TPSA) is 72.3 Å². The second-order valence-corrected chi connectivity index (χ2v) is 8.22. The molecule has 3 heterocycles.